The van der Waals surface area contributed by atoms with Gasteiger partial charge < -0.3 is 4.90 Å². The normalized spacial score (nSPS) is 11.7. The van der Waals surface area contributed by atoms with Crippen molar-refractivity contribution in [2.75, 3.05) is 14.1 Å². The molecule has 4 nitrogen and oxygen atoms in total. The highest BCUT2D eigenvalue weighted by atomic mass is 32.1. The number of thiophene rings is 1. The maximum atomic E-state index is 4.47. The van der Waals surface area contributed by atoms with Crippen LogP contribution in [0.15, 0.2) is 67.1 Å². The molecule has 0 aliphatic rings. The Kier molecular flexibility index (Phi) is 4.19. The number of fused-ring (bicyclic) bond motifs is 2. The summed E-state index contributed by atoms with van der Waals surface area (Å²) in [6, 6.07) is 17.4. The van der Waals surface area contributed by atoms with Gasteiger partial charge in [0.1, 0.15) is 0 Å². The van der Waals surface area contributed by atoms with Crippen molar-refractivity contribution in [1.29, 1.82) is 0 Å². The SMILES string of the molecule is CN(C)Cc1cncc(-c2cc(-c3cc4ccccc4s3)c3[nH]ncc3c2)c1. The molecule has 0 aliphatic carbocycles. The summed E-state index contributed by atoms with van der Waals surface area (Å²) in [5.41, 5.74) is 5.76. The Morgan fingerprint density at radius 2 is 1.82 bits per heavy atom. The number of aromatic nitrogens is 3. The average molecular weight is 385 g/mol. The van der Waals surface area contributed by atoms with Crippen molar-refractivity contribution in [1.82, 2.24) is 20.1 Å². The number of nitrogens with one attached hydrogen (secondary N) is 1. The molecule has 0 bridgehead atoms. The molecular weight excluding hydrogens is 364 g/mol. The zero-order chi connectivity index (χ0) is 19.1. The minimum Gasteiger partial charge on any atom is -0.305 e. The molecular formula is C23H20N4S. The molecule has 0 spiro atoms. The monoisotopic (exact) mass is 384 g/mol. The van der Waals surface area contributed by atoms with Crippen LogP contribution in [0.25, 0.3) is 42.6 Å². The fourth-order valence-electron chi connectivity index (χ4n) is 3.63. The van der Waals surface area contributed by atoms with Crippen LogP contribution in [0.2, 0.25) is 0 Å². The predicted octanol–water partition coefficient (Wildman–Crippen LogP) is 5.57. The topological polar surface area (TPSA) is 44.8 Å². The summed E-state index contributed by atoms with van der Waals surface area (Å²) < 4.78 is 1.30. The average Bonchev–Trinajstić information content (AvgIpc) is 3.33. The van der Waals surface area contributed by atoms with Gasteiger partial charge in [-0.3, -0.25) is 10.1 Å². The number of hydrogen-bond donors (Lipinski definition) is 1. The van der Waals surface area contributed by atoms with Crippen LogP contribution in [0.3, 0.4) is 0 Å². The summed E-state index contributed by atoms with van der Waals surface area (Å²) in [7, 11) is 4.15. The van der Waals surface area contributed by atoms with Gasteiger partial charge in [-0.25, -0.2) is 0 Å². The highest BCUT2D eigenvalue weighted by Gasteiger charge is 2.13. The van der Waals surface area contributed by atoms with E-state index >= 15 is 0 Å². The lowest BCUT2D eigenvalue weighted by atomic mass is 9.99. The zero-order valence-corrected chi connectivity index (χ0v) is 16.6. The van der Waals surface area contributed by atoms with Crippen molar-refractivity contribution in [3.05, 3.63) is 72.7 Å². The van der Waals surface area contributed by atoms with Gasteiger partial charge in [-0.1, -0.05) is 18.2 Å². The fourth-order valence-corrected chi connectivity index (χ4v) is 4.72. The third kappa shape index (κ3) is 3.09. The Bertz CT molecular complexity index is 1250. The molecule has 0 unspecified atom stereocenters. The summed E-state index contributed by atoms with van der Waals surface area (Å²) in [5.74, 6) is 0. The third-order valence-corrected chi connectivity index (χ3v) is 6.02. The van der Waals surface area contributed by atoms with Crippen LogP contribution in [-0.2, 0) is 6.54 Å². The van der Waals surface area contributed by atoms with Gasteiger partial charge in [0.2, 0.25) is 0 Å². The standard InChI is InChI=1S/C23H20N4S/c1-27(2)14-15-7-18(12-24-11-15)17-8-19-13-25-26-23(19)20(9-17)22-10-16-5-3-4-6-21(16)28-22/h3-13H,14H2,1-2H3,(H,25,26). The van der Waals surface area contributed by atoms with Crippen molar-refractivity contribution >= 4 is 32.3 Å². The number of rotatable bonds is 4. The van der Waals surface area contributed by atoms with E-state index in [1.54, 1.807) is 0 Å². The number of pyridine rings is 1. The minimum absolute atomic E-state index is 0.873. The first-order valence-electron chi connectivity index (χ1n) is 9.22. The molecule has 0 aliphatic heterocycles. The first kappa shape index (κ1) is 17.1. The molecule has 0 saturated carbocycles. The second kappa shape index (κ2) is 6.86. The van der Waals surface area contributed by atoms with Crippen LogP contribution in [-0.4, -0.2) is 34.2 Å². The highest BCUT2D eigenvalue weighted by Crippen LogP contribution is 2.39. The predicted molar refractivity (Wildman–Crippen MR) is 118 cm³/mol. The van der Waals surface area contributed by atoms with Gasteiger partial charge in [0.25, 0.3) is 0 Å². The van der Waals surface area contributed by atoms with Gasteiger partial charge in [0.05, 0.1) is 11.7 Å². The Balaban J connectivity index is 1.68. The number of H-pyrrole nitrogens is 1. The van der Waals surface area contributed by atoms with Crippen molar-refractivity contribution < 1.29 is 0 Å². The summed E-state index contributed by atoms with van der Waals surface area (Å²) in [6.07, 6.45) is 5.77. The summed E-state index contributed by atoms with van der Waals surface area (Å²) in [5, 5.41) is 9.86. The van der Waals surface area contributed by atoms with Crippen LogP contribution < -0.4 is 0 Å². The smallest absolute Gasteiger partial charge is 0.0737 e. The van der Waals surface area contributed by atoms with Gasteiger partial charge in [-0.2, -0.15) is 5.10 Å². The van der Waals surface area contributed by atoms with Gasteiger partial charge in [0, 0.05) is 45.0 Å². The van der Waals surface area contributed by atoms with E-state index in [0.29, 0.717) is 0 Å². The molecule has 0 radical (unpaired) electrons. The second-order valence-electron chi connectivity index (χ2n) is 7.33. The third-order valence-electron chi connectivity index (χ3n) is 4.87. The van der Waals surface area contributed by atoms with Gasteiger partial charge in [0.15, 0.2) is 0 Å². The quantitative estimate of drug-likeness (QED) is 0.441. The lowest BCUT2D eigenvalue weighted by Gasteiger charge is -2.11. The van der Waals surface area contributed by atoms with Crippen molar-refractivity contribution in [3.8, 4) is 21.6 Å². The van der Waals surface area contributed by atoms with E-state index in [1.165, 1.54) is 26.1 Å². The van der Waals surface area contributed by atoms with Crippen LogP contribution in [0.5, 0.6) is 0 Å². The van der Waals surface area contributed by atoms with Gasteiger partial charge in [-0.15, -0.1) is 11.3 Å². The molecule has 3 heterocycles. The van der Waals surface area contributed by atoms with Crippen LogP contribution in [0.4, 0.5) is 0 Å². The summed E-state index contributed by atoms with van der Waals surface area (Å²) in [4.78, 5) is 7.87. The first-order valence-corrected chi connectivity index (χ1v) is 10.0. The number of hydrogen-bond acceptors (Lipinski definition) is 4. The van der Waals surface area contributed by atoms with E-state index in [4.69, 9.17) is 0 Å². The minimum atomic E-state index is 0.873. The Hall–Kier alpha value is -3.02. The zero-order valence-electron chi connectivity index (χ0n) is 15.8. The lowest BCUT2D eigenvalue weighted by Crippen LogP contribution is -2.10. The number of benzene rings is 2. The maximum absolute atomic E-state index is 4.47. The Morgan fingerprint density at radius 1 is 0.929 bits per heavy atom. The molecule has 0 amide bonds. The number of nitrogens with zero attached hydrogens (tertiary/aromatic N) is 3. The van der Waals surface area contributed by atoms with E-state index in [1.807, 2.05) is 29.9 Å². The van der Waals surface area contributed by atoms with Gasteiger partial charge in [-0.05, 0) is 60.9 Å². The van der Waals surface area contributed by atoms with E-state index in [9.17, 15) is 0 Å². The molecule has 5 heteroatoms. The Labute approximate surface area is 167 Å². The molecule has 28 heavy (non-hydrogen) atoms. The van der Waals surface area contributed by atoms with E-state index in [-0.39, 0.29) is 0 Å². The largest absolute Gasteiger partial charge is 0.305 e. The molecule has 0 saturated heterocycles. The summed E-state index contributed by atoms with van der Waals surface area (Å²) >= 11 is 1.81. The molecule has 138 valence electrons. The molecule has 2 aromatic carbocycles. The van der Waals surface area contributed by atoms with E-state index in [2.05, 4.69) is 82.7 Å². The van der Waals surface area contributed by atoms with E-state index < -0.39 is 0 Å². The van der Waals surface area contributed by atoms with Crippen LogP contribution >= 0.6 is 11.3 Å². The van der Waals surface area contributed by atoms with Crippen molar-refractivity contribution in [2.24, 2.45) is 0 Å². The lowest BCUT2D eigenvalue weighted by molar-refractivity contribution is 0.402. The fraction of sp³-hybridized carbons (Fsp3) is 0.130. The molecule has 1 N–H and O–H groups in total. The van der Waals surface area contributed by atoms with Crippen LogP contribution in [0, 0.1) is 0 Å². The van der Waals surface area contributed by atoms with Crippen molar-refractivity contribution in [3.63, 3.8) is 0 Å². The Morgan fingerprint density at radius 3 is 2.68 bits per heavy atom. The van der Waals surface area contributed by atoms with Crippen LogP contribution in [0.1, 0.15) is 5.56 Å². The molecule has 5 aromatic rings. The molecule has 3 aromatic heterocycles. The van der Waals surface area contributed by atoms with Crippen molar-refractivity contribution in [2.45, 2.75) is 6.54 Å². The molecule has 0 atom stereocenters. The maximum Gasteiger partial charge on any atom is 0.0737 e. The summed E-state index contributed by atoms with van der Waals surface area (Å²) in [6.45, 7) is 0.873. The number of aromatic amines is 1. The molecule has 5 rings (SSSR count). The highest BCUT2D eigenvalue weighted by molar-refractivity contribution is 7.22. The first-order chi connectivity index (χ1) is 13.7. The molecule has 0 fully saturated rings. The van der Waals surface area contributed by atoms with Gasteiger partial charge >= 0.3 is 0 Å². The second-order valence-corrected chi connectivity index (χ2v) is 8.41. The van der Waals surface area contributed by atoms with E-state index in [0.717, 1.165) is 28.6 Å².